The van der Waals surface area contributed by atoms with E-state index in [1.54, 1.807) is 10.6 Å². The molecule has 0 saturated heterocycles. The molecule has 2 aromatic rings. The lowest BCUT2D eigenvalue weighted by Gasteiger charge is -2.18. The van der Waals surface area contributed by atoms with Crippen molar-refractivity contribution < 1.29 is 0 Å². The normalized spacial score (nSPS) is 17.8. The van der Waals surface area contributed by atoms with Gasteiger partial charge < -0.3 is 0 Å². The van der Waals surface area contributed by atoms with Crippen LogP contribution in [0, 0.1) is 0 Å². The zero-order valence-electron chi connectivity index (χ0n) is 9.37. The molecule has 2 aromatic heterocycles. The predicted molar refractivity (Wildman–Crippen MR) is 68.8 cm³/mol. The smallest absolute Gasteiger partial charge is 0.158 e. The van der Waals surface area contributed by atoms with Crippen LogP contribution in [0.3, 0.4) is 0 Å². The van der Waals surface area contributed by atoms with Gasteiger partial charge in [-0.25, -0.2) is 9.50 Å². The SMILES string of the molecule is Clc1cc(Cl)n2nc(C3CCCCC3)cc2n1. The summed E-state index contributed by atoms with van der Waals surface area (Å²) in [5.41, 5.74) is 1.84. The van der Waals surface area contributed by atoms with Gasteiger partial charge in [-0.2, -0.15) is 5.10 Å². The average Bonchev–Trinajstić information content (AvgIpc) is 2.74. The summed E-state index contributed by atoms with van der Waals surface area (Å²) in [7, 11) is 0. The van der Waals surface area contributed by atoms with Crippen LogP contribution in [0.15, 0.2) is 12.1 Å². The highest BCUT2D eigenvalue weighted by atomic mass is 35.5. The second-order valence-electron chi connectivity index (χ2n) is 4.58. The van der Waals surface area contributed by atoms with Crippen molar-refractivity contribution >= 4 is 28.8 Å². The van der Waals surface area contributed by atoms with Crippen molar-refractivity contribution in [2.45, 2.75) is 38.0 Å². The molecule has 3 nitrogen and oxygen atoms in total. The first-order valence-electron chi connectivity index (χ1n) is 5.96. The number of halogens is 2. The Morgan fingerprint density at radius 2 is 1.88 bits per heavy atom. The van der Waals surface area contributed by atoms with Crippen molar-refractivity contribution in [3.8, 4) is 0 Å². The zero-order chi connectivity index (χ0) is 11.8. The number of nitrogens with zero attached hydrogens (tertiary/aromatic N) is 3. The Hall–Kier alpha value is -0.800. The van der Waals surface area contributed by atoms with E-state index < -0.39 is 0 Å². The van der Waals surface area contributed by atoms with E-state index in [1.165, 1.54) is 32.1 Å². The minimum absolute atomic E-state index is 0.414. The fraction of sp³-hybridized carbons (Fsp3) is 0.500. The topological polar surface area (TPSA) is 30.2 Å². The Morgan fingerprint density at radius 3 is 2.65 bits per heavy atom. The molecule has 0 atom stereocenters. The molecule has 1 aliphatic carbocycles. The van der Waals surface area contributed by atoms with Gasteiger partial charge in [0.2, 0.25) is 0 Å². The third-order valence-electron chi connectivity index (χ3n) is 3.39. The summed E-state index contributed by atoms with van der Waals surface area (Å²) in [6.07, 6.45) is 6.36. The standard InChI is InChI=1S/C12H13Cl2N3/c13-10-7-11(14)17-12(15-10)6-9(16-17)8-4-2-1-3-5-8/h6-8H,1-5H2. The van der Waals surface area contributed by atoms with Gasteiger partial charge in [-0.15, -0.1) is 0 Å². The minimum Gasteiger partial charge on any atom is -0.217 e. The van der Waals surface area contributed by atoms with Crippen LogP contribution in [0.25, 0.3) is 5.65 Å². The van der Waals surface area contributed by atoms with Crippen LogP contribution >= 0.6 is 23.2 Å². The van der Waals surface area contributed by atoms with Crippen molar-refractivity contribution in [1.82, 2.24) is 14.6 Å². The van der Waals surface area contributed by atoms with E-state index in [0.717, 1.165) is 11.3 Å². The highest BCUT2D eigenvalue weighted by Gasteiger charge is 2.19. The fourth-order valence-corrected chi connectivity index (χ4v) is 3.00. The van der Waals surface area contributed by atoms with Gasteiger partial charge in [-0.3, -0.25) is 0 Å². The van der Waals surface area contributed by atoms with Crippen molar-refractivity contribution in [1.29, 1.82) is 0 Å². The molecular formula is C12H13Cl2N3. The van der Waals surface area contributed by atoms with Gasteiger partial charge in [0, 0.05) is 18.1 Å². The second kappa shape index (κ2) is 4.46. The van der Waals surface area contributed by atoms with Crippen LogP contribution in [0.4, 0.5) is 0 Å². The average molecular weight is 270 g/mol. The molecule has 17 heavy (non-hydrogen) atoms. The first-order chi connectivity index (χ1) is 8.24. The Bertz CT molecular complexity index is 544. The molecule has 0 bridgehead atoms. The summed E-state index contributed by atoms with van der Waals surface area (Å²) in [5, 5.41) is 5.47. The van der Waals surface area contributed by atoms with Crippen molar-refractivity contribution in [2.75, 3.05) is 0 Å². The molecule has 0 unspecified atom stereocenters. The molecule has 1 aliphatic rings. The van der Waals surface area contributed by atoms with Gasteiger partial charge in [0.15, 0.2) is 5.65 Å². The van der Waals surface area contributed by atoms with Gasteiger partial charge in [0.05, 0.1) is 5.69 Å². The molecular weight excluding hydrogens is 257 g/mol. The van der Waals surface area contributed by atoms with Crippen LogP contribution in [0.2, 0.25) is 10.3 Å². The van der Waals surface area contributed by atoms with Gasteiger partial charge in [0.25, 0.3) is 0 Å². The molecule has 2 heterocycles. The van der Waals surface area contributed by atoms with Crippen molar-refractivity contribution in [2.24, 2.45) is 0 Å². The Labute approximate surface area is 110 Å². The molecule has 5 heteroatoms. The zero-order valence-corrected chi connectivity index (χ0v) is 10.9. The van der Waals surface area contributed by atoms with E-state index in [-0.39, 0.29) is 0 Å². The number of hydrogen-bond donors (Lipinski definition) is 0. The third kappa shape index (κ3) is 2.14. The summed E-state index contributed by atoms with van der Waals surface area (Å²) in [6.45, 7) is 0. The maximum Gasteiger partial charge on any atom is 0.158 e. The minimum atomic E-state index is 0.414. The third-order valence-corrected chi connectivity index (χ3v) is 3.86. The van der Waals surface area contributed by atoms with Crippen LogP contribution < -0.4 is 0 Å². The number of fused-ring (bicyclic) bond motifs is 1. The van der Waals surface area contributed by atoms with E-state index in [0.29, 0.717) is 16.2 Å². The van der Waals surface area contributed by atoms with Crippen LogP contribution in [-0.4, -0.2) is 14.6 Å². The van der Waals surface area contributed by atoms with Crippen molar-refractivity contribution in [3.63, 3.8) is 0 Å². The fourth-order valence-electron chi connectivity index (χ4n) is 2.52. The number of hydrogen-bond acceptors (Lipinski definition) is 2. The van der Waals surface area contributed by atoms with E-state index in [9.17, 15) is 0 Å². The molecule has 1 saturated carbocycles. The lowest BCUT2D eigenvalue weighted by molar-refractivity contribution is 0.435. The van der Waals surface area contributed by atoms with Crippen molar-refractivity contribution in [3.05, 3.63) is 28.1 Å². The molecule has 0 aromatic carbocycles. The number of aromatic nitrogens is 3. The Balaban J connectivity index is 2.03. The molecule has 0 amide bonds. The van der Waals surface area contributed by atoms with Gasteiger partial charge in [-0.1, -0.05) is 42.5 Å². The summed E-state index contributed by atoms with van der Waals surface area (Å²) in [6, 6.07) is 3.63. The molecule has 0 aliphatic heterocycles. The van der Waals surface area contributed by atoms with Gasteiger partial charge in [-0.05, 0) is 12.8 Å². The molecule has 0 spiro atoms. The second-order valence-corrected chi connectivity index (χ2v) is 5.35. The van der Waals surface area contributed by atoms with Crippen LogP contribution in [0.1, 0.15) is 43.7 Å². The molecule has 0 N–H and O–H groups in total. The lowest BCUT2D eigenvalue weighted by Crippen LogP contribution is -2.05. The Kier molecular flexibility index (Phi) is 2.97. The summed E-state index contributed by atoms with van der Waals surface area (Å²) >= 11 is 12.0. The Morgan fingerprint density at radius 1 is 1.12 bits per heavy atom. The monoisotopic (exact) mass is 269 g/mol. The highest BCUT2D eigenvalue weighted by Crippen LogP contribution is 2.32. The quantitative estimate of drug-likeness (QED) is 0.731. The largest absolute Gasteiger partial charge is 0.217 e. The number of rotatable bonds is 1. The molecule has 1 fully saturated rings. The van der Waals surface area contributed by atoms with E-state index in [4.69, 9.17) is 23.2 Å². The van der Waals surface area contributed by atoms with E-state index >= 15 is 0 Å². The first-order valence-corrected chi connectivity index (χ1v) is 6.71. The molecule has 0 radical (unpaired) electrons. The van der Waals surface area contributed by atoms with Gasteiger partial charge >= 0.3 is 0 Å². The predicted octanol–water partition coefficient (Wildman–Crippen LogP) is 4.08. The van der Waals surface area contributed by atoms with Gasteiger partial charge in [0.1, 0.15) is 10.3 Å². The first kappa shape index (κ1) is 11.3. The maximum atomic E-state index is 6.09. The summed E-state index contributed by atoms with van der Waals surface area (Å²) in [4.78, 5) is 4.23. The lowest BCUT2D eigenvalue weighted by atomic mass is 9.87. The summed E-state index contributed by atoms with van der Waals surface area (Å²) < 4.78 is 1.66. The molecule has 90 valence electrons. The molecule has 3 rings (SSSR count). The van der Waals surface area contributed by atoms with E-state index in [1.807, 2.05) is 6.07 Å². The maximum absolute atomic E-state index is 6.09. The van der Waals surface area contributed by atoms with Crippen LogP contribution in [0.5, 0.6) is 0 Å². The highest BCUT2D eigenvalue weighted by molar-refractivity contribution is 6.33. The van der Waals surface area contributed by atoms with Crippen LogP contribution in [-0.2, 0) is 0 Å². The van der Waals surface area contributed by atoms with E-state index in [2.05, 4.69) is 10.1 Å². The summed E-state index contributed by atoms with van der Waals surface area (Å²) in [5.74, 6) is 0.556.